The first-order valence-corrected chi connectivity index (χ1v) is 12.6. The summed E-state index contributed by atoms with van der Waals surface area (Å²) in [6.45, 7) is 4.06. The number of unbranched alkanes of at least 4 members (excludes halogenated alkanes) is 9. The maximum absolute atomic E-state index is 11.5. The molecule has 32 heavy (non-hydrogen) atoms. The molecule has 0 aliphatic rings. The number of rotatable bonds is 20. The summed E-state index contributed by atoms with van der Waals surface area (Å²) in [6.07, 6.45) is 14.1. The van der Waals surface area contributed by atoms with Gasteiger partial charge < -0.3 is 14.6 Å². The van der Waals surface area contributed by atoms with Gasteiger partial charge in [0.05, 0.1) is 19.1 Å². The van der Waals surface area contributed by atoms with Gasteiger partial charge in [-0.3, -0.25) is 9.59 Å². The fraction of sp³-hybridized carbons (Fsp3) is 0.704. The molecule has 0 bridgehead atoms. The maximum atomic E-state index is 11.5. The van der Waals surface area contributed by atoms with Gasteiger partial charge in [0.1, 0.15) is 6.10 Å². The predicted octanol–water partition coefficient (Wildman–Crippen LogP) is 7.07. The van der Waals surface area contributed by atoms with Crippen LogP contribution in [0.4, 0.5) is 0 Å². The molecule has 1 aromatic carbocycles. The van der Waals surface area contributed by atoms with E-state index in [0.717, 1.165) is 24.8 Å². The highest BCUT2D eigenvalue weighted by molar-refractivity contribution is 5.67. The van der Waals surface area contributed by atoms with Crippen molar-refractivity contribution >= 4 is 11.9 Å². The minimum Gasteiger partial charge on any atom is -0.481 e. The number of benzene rings is 1. The largest absolute Gasteiger partial charge is 0.481 e. The van der Waals surface area contributed by atoms with E-state index >= 15 is 0 Å². The molecular weight excluding hydrogens is 404 g/mol. The van der Waals surface area contributed by atoms with Crippen molar-refractivity contribution in [3.8, 4) is 0 Å². The molecule has 0 aliphatic heterocycles. The van der Waals surface area contributed by atoms with Gasteiger partial charge in [-0.1, -0.05) is 95.0 Å². The third kappa shape index (κ3) is 15.9. The molecule has 0 fully saturated rings. The highest BCUT2D eigenvalue weighted by Gasteiger charge is 2.19. The highest BCUT2D eigenvalue weighted by atomic mass is 16.5. The zero-order valence-electron chi connectivity index (χ0n) is 20.2. The Kier molecular flexibility index (Phi) is 16.4. The van der Waals surface area contributed by atoms with Crippen LogP contribution in [0, 0.1) is 0 Å². The van der Waals surface area contributed by atoms with Gasteiger partial charge in [-0.15, -0.1) is 0 Å². The van der Waals surface area contributed by atoms with E-state index in [0.29, 0.717) is 19.4 Å². The Morgan fingerprint density at radius 3 is 1.94 bits per heavy atom. The van der Waals surface area contributed by atoms with Crippen LogP contribution in [-0.4, -0.2) is 29.3 Å². The van der Waals surface area contributed by atoms with Crippen molar-refractivity contribution in [1.29, 1.82) is 0 Å². The van der Waals surface area contributed by atoms with Crippen molar-refractivity contribution in [3.63, 3.8) is 0 Å². The van der Waals surface area contributed by atoms with Crippen LogP contribution in [0.15, 0.2) is 30.3 Å². The first-order chi connectivity index (χ1) is 15.5. The minimum atomic E-state index is -0.873. The Balaban J connectivity index is 2.32. The minimum absolute atomic E-state index is 0.0438. The van der Waals surface area contributed by atoms with Crippen LogP contribution in [0.25, 0.3) is 0 Å². The summed E-state index contributed by atoms with van der Waals surface area (Å²) in [4.78, 5) is 22.8. The van der Waals surface area contributed by atoms with E-state index in [1.165, 1.54) is 58.3 Å². The fourth-order valence-corrected chi connectivity index (χ4v) is 3.96. The standard InChI is InChI=1S/C27H44O5/c1-3-4-5-6-7-8-9-10-11-15-18-25(32-23(2)28)19-20-26(21-27(29)30)31-22-24-16-13-12-14-17-24/h12-14,16-17,25-26H,3-11,15,18-22H2,1-2H3,(H,29,30). The molecule has 0 aromatic heterocycles. The van der Waals surface area contributed by atoms with Crippen LogP contribution in [0.2, 0.25) is 0 Å². The molecule has 1 aromatic rings. The highest BCUT2D eigenvalue weighted by Crippen LogP contribution is 2.19. The summed E-state index contributed by atoms with van der Waals surface area (Å²) in [5.74, 6) is -1.15. The summed E-state index contributed by atoms with van der Waals surface area (Å²) in [5.41, 5.74) is 1.02. The number of aliphatic carboxylic acids is 1. The van der Waals surface area contributed by atoms with E-state index < -0.39 is 12.1 Å². The molecule has 0 amide bonds. The van der Waals surface area contributed by atoms with E-state index in [1.54, 1.807) is 0 Å². The average Bonchev–Trinajstić information content (AvgIpc) is 2.76. The van der Waals surface area contributed by atoms with Gasteiger partial charge in [-0.05, 0) is 31.2 Å². The van der Waals surface area contributed by atoms with Gasteiger partial charge in [0.15, 0.2) is 0 Å². The second-order valence-electron chi connectivity index (χ2n) is 8.80. The monoisotopic (exact) mass is 448 g/mol. The van der Waals surface area contributed by atoms with Crippen LogP contribution in [0.5, 0.6) is 0 Å². The molecule has 1 rings (SSSR count). The van der Waals surface area contributed by atoms with Crippen LogP contribution >= 0.6 is 0 Å². The van der Waals surface area contributed by atoms with Gasteiger partial charge in [0.25, 0.3) is 0 Å². The Morgan fingerprint density at radius 2 is 1.38 bits per heavy atom. The van der Waals surface area contributed by atoms with Gasteiger partial charge >= 0.3 is 11.9 Å². The number of esters is 1. The van der Waals surface area contributed by atoms with E-state index in [1.807, 2.05) is 30.3 Å². The molecular formula is C27H44O5. The summed E-state index contributed by atoms with van der Waals surface area (Å²) >= 11 is 0. The Morgan fingerprint density at radius 1 is 0.812 bits per heavy atom. The molecule has 2 unspecified atom stereocenters. The number of carbonyl (C=O) groups excluding carboxylic acids is 1. The lowest BCUT2D eigenvalue weighted by Crippen LogP contribution is -2.23. The molecule has 0 aliphatic carbocycles. The topological polar surface area (TPSA) is 72.8 Å². The SMILES string of the molecule is CCCCCCCCCCCCC(CCC(CC(=O)O)OCc1ccccc1)OC(C)=O. The van der Waals surface area contributed by atoms with Gasteiger partial charge in [-0.25, -0.2) is 0 Å². The number of carbonyl (C=O) groups is 2. The molecule has 1 N–H and O–H groups in total. The Hall–Kier alpha value is -1.88. The van der Waals surface area contributed by atoms with Crippen LogP contribution < -0.4 is 0 Å². The van der Waals surface area contributed by atoms with Crippen LogP contribution in [0.3, 0.4) is 0 Å². The van der Waals surface area contributed by atoms with Crippen molar-refractivity contribution in [2.45, 2.75) is 123 Å². The summed E-state index contributed by atoms with van der Waals surface area (Å²) in [6, 6.07) is 9.74. The number of hydrogen-bond acceptors (Lipinski definition) is 4. The Bertz CT molecular complexity index is 601. The van der Waals surface area contributed by atoms with E-state index in [2.05, 4.69) is 6.92 Å². The second-order valence-corrected chi connectivity index (χ2v) is 8.80. The molecule has 5 nitrogen and oxygen atoms in total. The zero-order valence-corrected chi connectivity index (χ0v) is 20.2. The summed E-state index contributed by atoms with van der Waals surface area (Å²) in [7, 11) is 0. The molecule has 0 saturated heterocycles. The first kappa shape index (κ1) is 28.2. The van der Waals surface area contributed by atoms with Gasteiger partial charge in [0, 0.05) is 6.92 Å². The van der Waals surface area contributed by atoms with Crippen LogP contribution in [0.1, 0.15) is 109 Å². The van der Waals surface area contributed by atoms with Crippen LogP contribution in [-0.2, 0) is 25.7 Å². The van der Waals surface area contributed by atoms with Gasteiger partial charge in [-0.2, -0.15) is 0 Å². The lowest BCUT2D eigenvalue weighted by Gasteiger charge is -2.21. The number of carboxylic acid groups (broad SMARTS) is 1. The number of ether oxygens (including phenoxy) is 2. The number of hydrogen-bond donors (Lipinski definition) is 1. The van der Waals surface area contributed by atoms with Crippen molar-refractivity contribution in [2.24, 2.45) is 0 Å². The summed E-state index contributed by atoms with van der Waals surface area (Å²) in [5, 5.41) is 9.23. The fourth-order valence-electron chi connectivity index (χ4n) is 3.96. The van der Waals surface area contributed by atoms with Crippen molar-refractivity contribution < 1.29 is 24.2 Å². The smallest absolute Gasteiger partial charge is 0.305 e. The van der Waals surface area contributed by atoms with Crippen molar-refractivity contribution in [2.75, 3.05) is 0 Å². The van der Waals surface area contributed by atoms with E-state index in [-0.39, 0.29) is 18.5 Å². The predicted molar refractivity (Wildman–Crippen MR) is 129 cm³/mol. The third-order valence-electron chi connectivity index (χ3n) is 5.75. The van der Waals surface area contributed by atoms with Crippen molar-refractivity contribution in [1.82, 2.24) is 0 Å². The second kappa shape index (κ2) is 18.7. The van der Waals surface area contributed by atoms with Gasteiger partial charge in [0.2, 0.25) is 0 Å². The molecule has 0 saturated carbocycles. The Labute approximate surface area is 194 Å². The number of carboxylic acids is 1. The van der Waals surface area contributed by atoms with E-state index in [4.69, 9.17) is 9.47 Å². The van der Waals surface area contributed by atoms with E-state index in [9.17, 15) is 14.7 Å². The molecule has 0 spiro atoms. The molecule has 0 radical (unpaired) electrons. The third-order valence-corrected chi connectivity index (χ3v) is 5.75. The summed E-state index contributed by atoms with van der Waals surface area (Å²) < 4.78 is 11.4. The molecule has 2 atom stereocenters. The molecule has 0 heterocycles. The lowest BCUT2D eigenvalue weighted by atomic mass is 10.0. The maximum Gasteiger partial charge on any atom is 0.305 e. The normalized spacial score (nSPS) is 12.9. The average molecular weight is 449 g/mol. The lowest BCUT2D eigenvalue weighted by molar-refractivity contribution is -0.148. The molecule has 182 valence electrons. The molecule has 5 heteroatoms. The quantitative estimate of drug-likeness (QED) is 0.171. The first-order valence-electron chi connectivity index (χ1n) is 12.6. The van der Waals surface area contributed by atoms with Crippen molar-refractivity contribution in [3.05, 3.63) is 35.9 Å². The zero-order chi connectivity index (χ0) is 23.4.